The van der Waals surface area contributed by atoms with Gasteiger partial charge in [0.2, 0.25) is 11.2 Å². The zero-order valence-electron chi connectivity index (χ0n) is 10.2. The van der Waals surface area contributed by atoms with Crippen LogP contribution in [0.4, 0.5) is 5.82 Å². The van der Waals surface area contributed by atoms with Gasteiger partial charge in [0.15, 0.2) is 0 Å². The molecular weight excluding hydrogens is 305 g/mol. The van der Waals surface area contributed by atoms with Gasteiger partial charge in [0, 0.05) is 6.07 Å². The van der Waals surface area contributed by atoms with Crippen LogP contribution in [0.3, 0.4) is 0 Å². The second kappa shape index (κ2) is 6.19. The molecule has 2 unspecified atom stereocenters. The molecule has 6 nitrogen and oxygen atoms in total. The number of rotatable bonds is 3. The highest BCUT2D eigenvalue weighted by atomic mass is 35.5. The van der Waals surface area contributed by atoms with Gasteiger partial charge in [0.1, 0.15) is 11.0 Å². The van der Waals surface area contributed by atoms with Crippen molar-refractivity contribution >= 4 is 40.9 Å². The van der Waals surface area contributed by atoms with E-state index >= 15 is 0 Å². The molecule has 0 aromatic carbocycles. The first kappa shape index (κ1) is 14.7. The molecule has 0 radical (unpaired) electrons. The van der Waals surface area contributed by atoms with Crippen molar-refractivity contribution in [3.8, 4) is 0 Å². The van der Waals surface area contributed by atoms with E-state index in [9.17, 15) is 9.59 Å². The summed E-state index contributed by atoms with van der Waals surface area (Å²) in [6, 6.07) is 1.35. The average molecular weight is 316 g/mol. The topological polar surface area (TPSA) is 92.2 Å². The number of allylic oxidation sites excluding steroid dienone is 2. The predicted molar refractivity (Wildman–Crippen MR) is 73.7 cm³/mol. The lowest BCUT2D eigenvalue weighted by Gasteiger charge is -2.23. The highest BCUT2D eigenvalue weighted by Crippen LogP contribution is 2.27. The van der Waals surface area contributed by atoms with Gasteiger partial charge in [-0.1, -0.05) is 23.8 Å². The molecular formula is C12H11Cl2N3O3. The lowest BCUT2D eigenvalue weighted by atomic mass is 9.82. The van der Waals surface area contributed by atoms with Crippen molar-refractivity contribution in [2.45, 2.75) is 12.8 Å². The van der Waals surface area contributed by atoms with Gasteiger partial charge < -0.3 is 10.4 Å². The van der Waals surface area contributed by atoms with Crippen LogP contribution >= 0.6 is 23.2 Å². The third kappa shape index (κ3) is 3.46. The SMILES string of the molecule is O=C(O)C1CC=CCC1C(=O)Nc1cc(Cl)nc(Cl)n1. The third-order valence-corrected chi connectivity index (χ3v) is 3.37. The van der Waals surface area contributed by atoms with Crippen LogP contribution in [0.1, 0.15) is 12.8 Å². The van der Waals surface area contributed by atoms with Gasteiger partial charge >= 0.3 is 5.97 Å². The molecule has 0 saturated heterocycles. The Labute approximate surface area is 124 Å². The number of amides is 1. The Morgan fingerprint density at radius 2 is 1.85 bits per heavy atom. The molecule has 0 aliphatic heterocycles. The maximum Gasteiger partial charge on any atom is 0.307 e. The van der Waals surface area contributed by atoms with Gasteiger partial charge in [-0.15, -0.1) is 0 Å². The van der Waals surface area contributed by atoms with E-state index in [0.717, 1.165) is 0 Å². The summed E-state index contributed by atoms with van der Waals surface area (Å²) < 4.78 is 0. The van der Waals surface area contributed by atoms with Crippen LogP contribution in [0.15, 0.2) is 18.2 Å². The number of halogens is 2. The van der Waals surface area contributed by atoms with Crippen LogP contribution in [0.2, 0.25) is 10.4 Å². The highest BCUT2D eigenvalue weighted by Gasteiger charge is 2.34. The summed E-state index contributed by atoms with van der Waals surface area (Å²) >= 11 is 11.3. The molecule has 1 heterocycles. The van der Waals surface area contributed by atoms with Crippen molar-refractivity contribution in [1.29, 1.82) is 0 Å². The van der Waals surface area contributed by atoms with Gasteiger partial charge in [-0.2, -0.15) is 0 Å². The Hall–Kier alpha value is -1.66. The largest absolute Gasteiger partial charge is 0.481 e. The molecule has 1 aromatic rings. The Kier molecular flexibility index (Phi) is 4.57. The first-order valence-electron chi connectivity index (χ1n) is 5.86. The zero-order valence-corrected chi connectivity index (χ0v) is 11.7. The van der Waals surface area contributed by atoms with Crippen molar-refractivity contribution in [3.63, 3.8) is 0 Å². The molecule has 1 aliphatic rings. The quantitative estimate of drug-likeness (QED) is 0.507. The maximum absolute atomic E-state index is 12.2. The summed E-state index contributed by atoms with van der Waals surface area (Å²) in [5, 5.41) is 11.7. The Balaban J connectivity index is 2.14. The number of carbonyl (C=O) groups excluding carboxylic acids is 1. The van der Waals surface area contributed by atoms with E-state index in [-0.39, 0.29) is 16.3 Å². The molecule has 1 aromatic heterocycles. The number of nitrogens with zero attached hydrogens (tertiary/aromatic N) is 2. The van der Waals surface area contributed by atoms with Gasteiger partial charge in [-0.25, -0.2) is 9.97 Å². The number of nitrogens with one attached hydrogen (secondary N) is 1. The van der Waals surface area contributed by atoms with Crippen molar-refractivity contribution in [1.82, 2.24) is 9.97 Å². The molecule has 1 amide bonds. The van der Waals surface area contributed by atoms with E-state index in [1.165, 1.54) is 6.07 Å². The Bertz CT molecular complexity index is 557. The van der Waals surface area contributed by atoms with Gasteiger partial charge in [0.05, 0.1) is 11.8 Å². The minimum atomic E-state index is -0.992. The average Bonchev–Trinajstić information content (AvgIpc) is 2.37. The summed E-state index contributed by atoms with van der Waals surface area (Å²) in [7, 11) is 0. The number of carboxylic acid groups (broad SMARTS) is 1. The minimum absolute atomic E-state index is 0.0916. The number of anilines is 1. The van der Waals surface area contributed by atoms with E-state index in [1.54, 1.807) is 12.2 Å². The monoisotopic (exact) mass is 315 g/mol. The second-order valence-electron chi connectivity index (χ2n) is 4.33. The molecule has 8 heteroatoms. The fourth-order valence-electron chi connectivity index (χ4n) is 2.05. The molecule has 1 aliphatic carbocycles. The van der Waals surface area contributed by atoms with Crippen molar-refractivity contribution in [2.24, 2.45) is 11.8 Å². The minimum Gasteiger partial charge on any atom is -0.481 e. The molecule has 20 heavy (non-hydrogen) atoms. The Morgan fingerprint density at radius 3 is 2.45 bits per heavy atom. The number of carbonyl (C=O) groups is 2. The van der Waals surface area contributed by atoms with Gasteiger partial charge in [0.25, 0.3) is 0 Å². The lowest BCUT2D eigenvalue weighted by Crippen LogP contribution is -2.34. The van der Waals surface area contributed by atoms with Crippen molar-refractivity contribution in [3.05, 3.63) is 28.7 Å². The highest BCUT2D eigenvalue weighted by molar-refractivity contribution is 6.32. The van der Waals surface area contributed by atoms with Gasteiger partial charge in [-0.3, -0.25) is 9.59 Å². The first-order valence-corrected chi connectivity index (χ1v) is 6.61. The fraction of sp³-hybridized carbons (Fsp3) is 0.333. The summed E-state index contributed by atoms with van der Waals surface area (Å²) in [5.74, 6) is -2.66. The standard InChI is InChI=1S/C12H11Cl2N3O3/c13-8-5-9(17-12(14)15-8)16-10(18)6-3-1-2-4-7(6)11(19)20/h1-2,5-7H,3-4H2,(H,19,20)(H,15,16,17,18). The normalized spacial score (nSPS) is 21.5. The van der Waals surface area contributed by atoms with E-state index in [4.69, 9.17) is 28.3 Å². The van der Waals surface area contributed by atoms with E-state index in [0.29, 0.717) is 12.8 Å². The summed E-state index contributed by atoms with van der Waals surface area (Å²) in [5.41, 5.74) is 0. The van der Waals surface area contributed by atoms with Crippen molar-refractivity contribution in [2.75, 3.05) is 5.32 Å². The summed E-state index contributed by atoms with van der Waals surface area (Å²) in [6.45, 7) is 0. The molecule has 2 rings (SSSR count). The molecule has 2 atom stereocenters. The maximum atomic E-state index is 12.2. The number of carboxylic acids is 1. The number of hydrogen-bond donors (Lipinski definition) is 2. The molecule has 0 spiro atoms. The van der Waals surface area contributed by atoms with Gasteiger partial charge in [-0.05, 0) is 24.4 Å². The molecule has 0 fully saturated rings. The Morgan fingerprint density at radius 1 is 1.20 bits per heavy atom. The van der Waals surface area contributed by atoms with Crippen LogP contribution in [0.5, 0.6) is 0 Å². The molecule has 2 N–H and O–H groups in total. The fourth-order valence-corrected chi connectivity index (χ4v) is 2.46. The van der Waals surface area contributed by atoms with Crippen LogP contribution in [-0.4, -0.2) is 27.0 Å². The summed E-state index contributed by atoms with van der Waals surface area (Å²) in [6.07, 6.45) is 4.26. The molecule has 106 valence electrons. The van der Waals surface area contributed by atoms with E-state index < -0.39 is 23.7 Å². The molecule has 0 saturated carbocycles. The number of hydrogen-bond acceptors (Lipinski definition) is 4. The van der Waals surface area contributed by atoms with Crippen molar-refractivity contribution < 1.29 is 14.7 Å². The smallest absolute Gasteiger partial charge is 0.307 e. The zero-order chi connectivity index (χ0) is 14.7. The van der Waals surface area contributed by atoms with Crippen LogP contribution in [-0.2, 0) is 9.59 Å². The van der Waals surface area contributed by atoms with Crippen LogP contribution < -0.4 is 5.32 Å². The van der Waals surface area contributed by atoms with Crippen LogP contribution in [0.25, 0.3) is 0 Å². The summed E-state index contributed by atoms with van der Waals surface area (Å²) in [4.78, 5) is 30.8. The molecule has 0 bridgehead atoms. The third-order valence-electron chi connectivity index (χ3n) is 3.01. The predicted octanol–water partition coefficient (Wildman–Crippen LogP) is 2.39. The first-order chi connectivity index (χ1) is 9.47. The van der Waals surface area contributed by atoms with Crippen LogP contribution in [0, 0.1) is 11.8 Å². The van der Waals surface area contributed by atoms with E-state index in [1.807, 2.05) is 0 Å². The second-order valence-corrected chi connectivity index (χ2v) is 5.05. The van der Waals surface area contributed by atoms with E-state index in [2.05, 4.69) is 15.3 Å². The number of aliphatic carboxylic acids is 1. The lowest BCUT2D eigenvalue weighted by molar-refractivity contribution is -0.146. The number of aromatic nitrogens is 2.